The van der Waals surface area contributed by atoms with Crippen molar-refractivity contribution in [2.45, 2.75) is 23.1 Å². The Morgan fingerprint density at radius 2 is 1.79 bits per heavy atom. The Kier molecular flexibility index (Phi) is 7.49. The lowest BCUT2D eigenvalue weighted by molar-refractivity contribution is -0.132. The maximum atomic E-state index is 14.4. The van der Waals surface area contributed by atoms with Gasteiger partial charge in [0.05, 0.1) is 18.7 Å². The summed E-state index contributed by atoms with van der Waals surface area (Å²) >= 11 is 2.67. The number of carbonyl (C=O) groups excluding carboxylic acids is 2. The summed E-state index contributed by atoms with van der Waals surface area (Å²) in [6.45, 7) is 1.60. The third-order valence-corrected chi connectivity index (χ3v) is 9.26. The highest BCUT2D eigenvalue weighted by atomic mass is 32.2. The van der Waals surface area contributed by atoms with Crippen LogP contribution in [0, 0.1) is 12.7 Å². The van der Waals surface area contributed by atoms with Crippen molar-refractivity contribution in [3.05, 3.63) is 119 Å². The van der Waals surface area contributed by atoms with Crippen LogP contribution in [0.2, 0.25) is 0 Å². The van der Waals surface area contributed by atoms with Gasteiger partial charge in [-0.15, -0.1) is 10.2 Å². The van der Waals surface area contributed by atoms with E-state index >= 15 is 0 Å². The summed E-state index contributed by atoms with van der Waals surface area (Å²) in [5.41, 5.74) is 2.01. The predicted molar refractivity (Wildman–Crippen MR) is 162 cm³/mol. The van der Waals surface area contributed by atoms with Crippen LogP contribution >= 0.6 is 23.1 Å². The average molecular weight is 598 g/mol. The van der Waals surface area contributed by atoms with E-state index in [-0.39, 0.29) is 16.3 Å². The van der Waals surface area contributed by atoms with Crippen molar-refractivity contribution < 1.29 is 23.8 Å². The molecule has 6 rings (SSSR count). The third-order valence-electron chi connectivity index (χ3n) is 7.15. The van der Waals surface area contributed by atoms with Crippen molar-refractivity contribution in [2.75, 3.05) is 12.0 Å². The van der Waals surface area contributed by atoms with E-state index in [1.54, 1.807) is 31.2 Å². The Balaban J connectivity index is 1.38. The lowest BCUT2D eigenvalue weighted by atomic mass is 9.95. The number of ketones is 1. The summed E-state index contributed by atoms with van der Waals surface area (Å²) in [4.78, 5) is 28.2. The molecular formula is C32H24FN3O4S2. The number of hydrogen-bond donors (Lipinski definition) is 1. The third kappa shape index (κ3) is 5.03. The van der Waals surface area contributed by atoms with Gasteiger partial charge in [-0.2, -0.15) is 0 Å². The summed E-state index contributed by atoms with van der Waals surface area (Å²) in [6, 6.07) is 24.3. The van der Waals surface area contributed by atoms with E-state index in [9.17, 15) is 19.1 Å². The molecule has 0 saturated carbocycles. The summed E-state index contributed by atoms with van der Waals surface area (Å²) in [5, 5.41) is 22.4. The first-order valence-electron chi connectivity index (χ1n) is 13.0. The van der Waals surface area contributed by atoms with Crippen LogP contribution in [-0.2, 0) is 15.3 Å². The van der Waals surface area contributed by atoms with E-state index in [2.05, 4.69) is 34.5 Å². The number of amides is 1. The number of fused-ring (bicyclic) bond motifs is 1. The number of methoxy groups -OCH3 is 1. The molecule has 1 atom stereocenters. The zero-order valence-electron chi connectivity index (χ0n) is 22.6. The standard InChI is InChI=1S/C32H24FN3O4S2/c1-18-10-11-21(16-25(18)33)28(37)26-27(20-12-14-23(40-2)15-13-20)36(30(39)29(26)38)31-34-35-32(42-31)41-17-22-8-5-7-19-6-3-4-9-24(19)22/h3-16,27,37H,17H2,1-2H3/t27-/m0/s1. The van der Waals surface area contributed by atoms with E-state index in [1.807, 2.05) is 18.2 Å². The molecule has 5 aromatic rings. The average Bonchev–Trinajstić information content (AvgIpc) is 3.58. The SMILES string of the molecule is COc1ccc([C@H]2C(=C(O)c3ccc(C)c(F)c3)C(=O)C(=O)N2c2nnc(SCc3cccc4ccccc34)s2)cc1. The minimum atomic E-state index is -1.01. The van der Waals surface area contributed by atoms with Crippen LogP contribution in [0.25, 0.3) is 16.5 Å². The summed E-state index contributed by atoms with van der Waals surface area (Å²) in [6.07, 6.45) is 0. The van der Waals surface area contributed by atoms with Crippen LogP contribution < -0.4 is 9.64 Å². The minimum Gasteiger partial charge on any atom is -0.507 e. The predicted octanol–water partition coefficient (Wildman–Crippen LogP) is 7.07. The second-order valence-electron chi connectivity index (χ2n) is 9.68. The molecule has 4 aromatic carbocycles. The second kappa shape index (κ2) is 11.4. The lowest BCUT2D eigenvalue weighted by Crippen LogP contribution is -2.29. The van der Waals surface area contributed by atoms with Gasteiger partial charge in [0.2, 0.25) is 5.13 Å². The fourth-order valence-electron chi connectivity index (χ4n) is 4.94. The molecule has 1 aromatic heterocycles. The van der Waals surface area contributed by atoms with Gasteiger partial charge < -0.3 is 9.84 Å². The van der Waals surface area contributed by atoms with E-state index in [0.717, 1.165) is 22.4 Å². The van der Waals surface area contributed by atoms with Gasteiger partial charge in [-0.05, 0) is 52.6 Å². The minimum absolute atomic E-state index is 0.0956. The van der Waals surface area contributed by atoms with Crippen LogP contribution in [0.4, 0.5) is 9.52 Å². The van der Waals surface area contributed by atoms with Crippen molar-refractivity contribution in [1.82, 2.24) is 10.2 Å². The number of Topliss-reactive ketones (excluding diaryl/α,β-unsaturated/α-hetero) is 1. The smallest absolute Gasteiger partial charge is 0.301 e. The van der Waals surface area contributed by atoms with Crippen LogP contribution in [0.1, 0.15) is 28.3 Å². The van der Waals surface area contributed by atoms with Gasteiger partial charge >= 0.3 is 5.91 Å². The molecule has 1 fully saturated rings. The Morgan fingerprint density at radius 1 is 1.02 bits per heavy atom. The molecular weight excluding hydrogens is 574 g/mol. The van der Waals surface area contributed by atoms with Gasteiger partial charge in [-0.3, -0.25) is 14.5 Å². The lowest BCUT2D eigenvalue weighted by Gasteiger charge is -2.22. The topological polar surface area (TPSA) is 92.6 Å². The highest BCUT2D eigenvalue weighted by Crippen LogP contribution is 2.44. The van der Waals surface area contributed by atoms with Crippen LogP contribution in [-0.4, -0.2) is 34.1 Å². The number of aryl methyl sites for hydroxylation is 1. The summed E-state index contributed by atoms with van der Waals surface area (Å²) in [5.74, 6) is -1.53. The number of halogens is 1. The number of hydrogen-bond acceptors (Lipinski definition) is 8. The van der Waals surface area contributed by atoms with Crippen molar-refractivity contribution >= 4 is 56.5 Å². The number of thioether (sulfide) groups is 1. The molecule has 1 saturated heterocycles. The van der Waals surface area contributed by atoms with Gasteiger partial charge in [-0.25, -0.2) is 4.39 Å². The molecule has 42 heavy (non-hydrogen) atoms. The van der Waals surface area contributed by atoms with Crippen LogP contribution in [0.15, 0.2) is 94.8 Å². The highest BCUT2D eigenvalue weighted by Gasteiger charge is 2.48. The van der Waals surface area contributed by atoms with Crippen LogP contribution in [0.5, 0.6) is 5.75 Å². The van der Waals surface area contributed by atoms with Crippen LogP contribution in [0.3, 0.4) is 0 Å². The number of aliphatic hydroxyl groups excluding tert-OH is 1. The molecule has 0 aliphatic carbocycles. The molecule has 1 N–H and O–H groups in total. The zero-order valence-corrected chi connectivity index (χ0v) is 24.2. The first-order valence-corrected chi connectivity index (χ1v) is 14.8. The fourth-order valence-corrected chi connectivity index (χ4v) is 6.81. The van der Waals surface area contributed by atoms with E-state index in [0.29, 0.717) is 27.0 Å². The molecule has 7 nitrogen and oxygen atoms in total. The fraction of sp³-hybridized carbons (Fsp3) is 0.125. The van der Waals surface area contributed by atoms with Crippen molar-refractivity contribution in [3.8, 4) is 5.75 Å². The normalized spacial score (nSPS) is 16.4. The molecule has 0 bridgehead atoms. The maximum absolute atomic E-state index is 14.4. The molecule has 210 valence electrons. The van der Waals surface area contributed by atoms with E-state index in [1.165, 1.54) is 47.2 Å². The van der Waals surface area contributed by atoms with Crippen molar-refractivity contribution in [3.63, 3.8) is 0 Å². The molecule has 1 aliphatic rings. The molecule has 10 heteroatoms. The number of nitrogens with zero attached hydrogens (tertiary/aromatic N) is 3. The molecule has 2 heterocycles. The second-order valence-corrected chi connectivity index (χ2v) is 11.9. The first-order chi connectivity index (χ1) is 20.4. The number of aromatic nitrogens is 2. The maximum Gasteiger partial charge on any atom is 0.301 e. The Labute approximate surface area is 249 Å². The van der Waals surface area contributed by atoms with Crippen molar-refractivity contribution in [1.29, 1.82) is 0 Å². The first kappa shape index (κ1) is 27.6. The van der Waals surface area contributed by atoms with Gasteiger partial charge in [-0.1, -0.05) is 89.8 Å². The number of anilines is 1. The zero-order chi connectivity index (χ0) is 29.4. The number of rotatable bonds is 7. The summed E-state index contributed by atoms with van der Waals surface area (Å²) in [7, 11) is 1.53. The monoisotopic (exact) mass is 597 g/mol. The van der Waals surface area contributed by atoms with Gasteiger partial charge in [0.15, 0.2) is 4.34 Å². The van der Waals surface area contributed by atoms with E-state index < -0.39 is 29.3 Å². The van der Waals surface area contributed by atoms with Crippen molar-refractivity contribution in [2.24, 2.45) is 0 Å². The largest absolute Gasteiger partial charge is 0.507 e. The highest BCUT2D eigenvalue weighted by molar-refractivity contribution is 8.00. The number of benzene rings is 4. The molecule has 0 unspecified atom stereocenters. The van der Waals surface area contributed by atoms with Gasteiger partial charge in [0, 0.05) is 11.3 Å². The van der Waals surface area contributed by atoms with Gasteiger partial charge in [0.25, 0.3) is 5.78 Å². The summed E-state index contributed by atoms with van der Waals surface area (Å²) < 4.78 is 20.3. The Hall–Kier alpha value is -4.54. The molecule has 0 radical (unpaired) electrons. The molecule has 1 aliphatic heterocycles. The quantitative estimate of drug-likeness (QED) is 0.0706. The number of aliphatic hydroxyl groups is 1. The Bertz CT molecular complexity index is 1860. The molecule has 1 amide bonds. The van der Waals surface area contributed by atoms with E-state index in [4.69, 9.17) is 4.74 Å². The number of carbonyl (C=O) groups is 2. The Morgan fingerprint density at radius 3 is 2.55 bits per heavy atom. The molecule has 0 spiro atoms. The van der Waals surface area contributed by atoms with Gasteiger partial charge in [0.1, 0.15) is 17.3 Å². The number of ether oxygens (including phenoxy) is 1.